The molecule has 1 aromatic carbocycles. The zero-order chi connectivity index (χ0) is 9.68. The van der Waals surface area contributed by atoms with Crippen LogP contribution >= 0.6 is 0 Å². The van der Waals surface area contributed by atoms with Crippen LogP contribution in [0.25, 0.3) is 0 Å². The van der Waals surface area contributed by atoms with Crippen LogP contribution in [0, 0.1) is 0 Å². The topological polar surface area (TPSA) is 35.2 Å². The molecule has 0 bridgehead atoms. The Kier molecular flexibility index (Phi) is 3.77. The molecule has 13 heavy (non-hydrogen) atoms. The van der Waals surface area contributed by atoms with Crippen molar-refractivity contribution in [2.45, 2.75) is 26.3 Å². The van der Waals surface area contributed by atoms with Crippen LogP contribution in [0.2, 0.25) is 0 Å². The second kappa shape index (κ2) is 4.87. The van der Waals surface area contributed by atoms with Gasteiger partial charge in [0.15, 0.2) is 0 Å². The number of ether oxygens (including phenoxy) is 1. The third kappa shape index (κ3) is 2.22. The van der Waals surface area contributed by atoms with Gasteiger partial charge in [0.05, 0.1) is 6.61 Å². The Morgan fingerprint density at radius 3 is 2.69 bits per heavy atom. The van der Waals surface area contributed by atoms with Crippen LogP contribution in [0.3, 0.4) is 0 Å². The van der Waals surface area contributed by atoms with Gasteiger partial charge in [0.2, 0.25) is 0 Å². The van der Waals surface area contributed by atoms with Gasteiger partial charge in [0.1, 0.15) is 5.75 Å². The van der Waals surface area contributed by atoms with Crippen molar-refractivity contribution in [2.24, 2.45) is 5.73 Å². The van der Waals surface area contributed by atoms with Crippen molar-refractivity contribution in [2.75, 3.05) is 6.61 Å². The first-order chi connectivity index (χ1) is 6.38. The molecule has 2 heteroatoms. The maximum atomic E-state index is 5.87. The van der Waals surface area contributed by atoms with Crippen molar-refractivity contribution in [3.05, 3.63) is 29.8 Å². The minimum Gasteiger partial charge on any atom is -0.493 e. The molecule has 2 N–H and O–H groups in total. The number of hydrogen-bond acceptors (Lipinski definition) is 2. The fourth-order valence-corrected chi connectivity index (χ4v) is 1.37. The number of fused-ring (bicyclic) bond motifs is 1. The first kappa shape index (κ1) is 10.1. The molecular formula is C11H17NO. The third-order valence-corrected chi connectivity index (χ3v) is 2.00. The molecule has 2 rings (SSSR count). The Balaban J connectivity index is 0.000000396. The molecule has 1 aliphatic heterocycles. The summed E-state index contributed by atoms with van der Waals surface area (Å²) in [6, 6.07) is 8.12. The van der Waals surface area contributed by atoms with Gasteiger partial charge in [-0.2, -0.15) is 0 Å². The van der Waals surface area contributed by atoms with Crippen molar-refractivity contribution in [3.8, 4) is 5.75 Å². The van der Waals surface area contributed by atoms with Crippen LogP contribution in [0.15, 0.2) is 24.3 Å². The lowest BCUT2D eigenvalue weighted by molar-refractivity contribution is 0.269. The average molecular weight is 179 g/mol. The molecule has 0 aromatic heterocycles. The van der Waals surface area contributed by atoms with E-state index in [2.05, 4.69) is 0 Å². The summed E-state index contributed by atoms with van der Waals surface area (Å²) in [5.41, 5.74) is 7.00. The lowest BCUT2D eigenvalue weighted by Crippen LogP contribution is -2.20. The van der Waals surface area contributed by atoms with E-state index in [0.717, 1.165) is 24.3 Å². The fourth-order valence-electron chi connectivity index (χ4n) is 1.37. The summed E-state index contributed by atoms with van der Waals surface area (Å²) in [6.45, 7) is 4.75. The predicted molar refractivity (Wildman–Crippen MR) is 54.8 cm³/mol. The number of benzene rings is 1. The van der Waals surface area contributed by atoms with Crippen LogP contribution in [0.5, 0.6) is 5.75 Å². The second-order valence-corrected chi connectivity index (χ2v) is 2.78. The van der Waals surface area contributed by atoms with Crippen molar-refractivity contribution < 1.29 is 4.74 Å². The summed E-state index contributed by atoms with van der Waals surface area (Å²) in [5.74, 6) is 0.950. The van der Waals surface area contributed by atoms with Gasteiger partial charge in [0.25, 0.3) is 0 Å². The zero-order valence-electron chi connectivity index (χ0n) is 8.29. The Hall–Kier alpha value is -1.02. The molecule has 1 heterocycles. The summed E-state index contributed by atoms with van der Waals surface area (Å²) in [4.78, 5) is 0. The smallest absolute Gasteiger partial charge is 0.124 e. The summed E-state index contributed by atoms with van der Waals surface area (Å²) in [6.07, 6.45) is 0.928. The van der Waals surface area contributed by atoms with Gasteiger partial charge in [-0.1, -0.05) is 32.0 Å². The molecule has 0 spiro atoms. The lowest BCUT2D eigenvalue weighted by Gasteiger charge is -2.22. The quantitative estimate of drug-likeness (QED) is 0.664. The van der Waals surface area contributed by atoms with Crippen LogP contribution in [0.1, 0.15) is 31.9 Å². The molecule has 0 saturated carbocycles. The molecular weight excluding hydrogens is 162 g/mol. The fraction of sp³-hybridized carbons (Fsp3) is 0.455. The maximum absolute atomic E-state index is 5.87. The summed E-state index contributed by atoms with van der Waals surface area (Å²) in [5, 5.41) is 0. The third-order valence-electron chi connectivity index (χ3n) is 2.00. The molecule has 0 saturated heterocycles. The molecule has 1 aromatic rings. The van der Waals surface area contributed by atoms with Gasteiger partial charge in [-0.15, -0.1) is 0 Å². The van der Waals surface area contributed by atoms with Crippen molar-refractivity contribution >= 4 is 0 Å². The van der Waals surface area contributed by atoms with E-state index in [0.29, 0.717) is 0 Å². The van der Waals surface area contributed by atoms with E-state index < -0.39 is 0 Å². The van der Waals surface area contributed by atoms with Crippen molar-refractivity contribution in [1.29, 1.82) is 0 Å². The number of rotatable bonds is 0. The van der Waals surface area contributed by atoms with E-state index in [4.69, 9.17) is 10.5 Å². The van der Waals surface area contributed by atoms with Crippen LogP contribution in [-0.2, 0) is 0 Å². The molecule has 0 aliphatic carbocycles. The second-order valence-electron chi connectivity index (χ2n) is 2.78. The lowest BCUT2D eigenvalue weighted by atomic mass is 10.0. The van der Waals surface area contributed by atoms with E-state index in [1.165, 1.54) is 0 Å². The number of para-hydroxylation sites is 1. The van der Waals surface area contributed by atoms with Gasteiger partial charge in [-0.05, 0) is 6.07 Å². The van der Waals surface area contributed by atoms with Gasteiger partial charge < -0.3 is 10.5 Å². The SMILES string of the molecule is CC.N[C@H]1CCOc2ccccc21. The van der Waals surface area contributed by atoms with Crippen LogP contribution in [-0.4, -0.2) is 6.61 Å². The van der Waals surface area contributed by atoms with E-state index in [9.17, 15) is 0 Å². The molecule has 2 nitrogen and oxygen atoms in total. The Bertz CT molecular complexity index is 260. The minimum atomic E-state index is 0.167. The summed E-state index contributed by atoms with van der Waals surface area (Å²) >= 11 is 0. The van der Waals surface area contributed by atoms with Gasteiger partial charge in [-0.25, -0.2) is 0 Å². The highest BCUT2D eigenvalue weighted by molar-refractivity contribution is 5.36. The average Bonchev–Trinajstić information content (AvgIpc) is 2.22. The first-order valence-electron chi connectivity index (χ1n) is 4.85. The van der Waals surface area contributed by atoms with Crippen molar-refractivity contribution in [3.63, 3.8) is 0 Å². The normalized spacial score (nSPS) is 19.2. The van der Waals surface area contributed by atoms with Gasteiger partial charge in [-0.3, -0.25) is 0 Å². The maximum Gasteiger partial charge on any atom is 0.124 e. The molecule has 0 fully saturated rings. The van der Waals surface area contributed by atoms with E-state index in [1.54, 1.807) is 0 Å². The summed E-state index contributed by atoms with van der Waals surface area (Å²) in [7, 11) is 0. The Labute approximate surface area is 79.7 Å². The van der Waals surface area contributed by atoms with Gasteiger partial charge in [0, 0.05) is 18.0 Å². The number of nitrogens with two attached hydrogens (primary N) is 1. The highest BCUT2D eigenvalue weighted by Gasteiger charge is 2.16. The van der Waals surface area contributed by atoms with Crippen LogP contribution in [0.4, 0.5) is 0 Å². The molecule has 0 unspecified atom stereocenters. The minimum absolute atomic E-state index is 0.167. The monoisotopic (exact) mass is 179 g/mol. The zero-order valence-corrected chi connectivity index (χ0v) is 8.29. The molecule has 72 valence electrons. The predicted octanol–water partition coefficient (Wildman–Crippen LogP) is 2.50. The van der Waals surface area contributed by atoms with Gasteiger partial charge >= 0.3 is 0 Å². The number of hydrogen-bond donors (Lipinski definition) is 1. The molecule has 1 atom stereocenters. The molecule has 0 amide bonds. The van der Waals surface area contributed by atoms with Crippen molar-refractivity contribution in [1.82, 2.24) is 0 Å². The van der Waals surface area contributed by atoms with E-state index in [-0.39, 0.29) is 6.04 Å². The first-order valence-corrected chi connectivity index (χ1v) is 4.85. The largest absolute Gasteiger partial charge is 0.493 e. The van der Waals surface area contributed by atoms with E-state index in [1.807, 2.05) is 38.1 Å². The summed E-state index contributed by atoms with van der Waals surface area (Å²) < 4.78 is 5.41. The Morgan fingerprint density at radius 2 is 2.00 bits per heavy atom. The highest BCUT2D eigenvalue weighted by atomic mass is 16.5. The van der Waals surface area contributed by atoms with E-state index >= 15 is 0 Å². The highest BCUT2D eigenvalue weighted by Crippen LogP contribution is 2.29. The molecule has 0 radical (unpaired) electrons. The standard InChI is InChI=1S/C9H11NO.C2H6/c10-8-5-6-11-9-4-2-1-3-7(8)9;1-2/h1-4,8H,5-6,10H2;1-2H3/t8-;/m0./s1. The Morgan fingerprint density at radius 1 is 1.31 bits per heavy atom. The molecule has 1 aliphatic rings. The van der Waals surface area contributed by atoms with Crippen LogP contribution < -0.4 is 10.5 Å².